The highest BCUT2D eigenvalue weighted by Crippen LogP contribution is 2.06. The zero-order chi connectivity index (χ0) is 20.4. The van der Waals surface area contributed by atoms with Crippen molar-refractivity contribution in [1.29, 1.82) is 0 Å². The molecule has 0 heterocycles. The van der Waals surface area contributed by atoms with Crippen molar-refractivity contribution >= 4 is 35.8 Å². The van der Waals surface area contributed by atoms with Gasteiger partial charge in [0.15, 0.2) is 0 Å². The van der Waals surface area contributed by atoms with Gasteiger partial charge in [-0.3, -0.25) is 14.4 Å². The molecule has 142 valence electrons. The first-order valence-corrected chi connectivity index (χ1v) is 6.99. The van der Waals surface area contributed by atoms with Gasteiger partial charge in [-0.15, -0.1) is 0 Å². The summed E-state index contributed by atoms with van der Waals surface area (Å²) in [4.78, 5) is 66.4. The lowest BCUT2D eigenvalue weighted by molar-refractivity contribution is -0.161. The van der Waals surface area contributed by atoms with Crippen LogP contribution in [0.5, 0.6) is 0 Å². The lowest BCUT2D eigenvalue weighted by atomic mass is 10.1. The van der Waals surface area contributed by atoms with Crippen LogP contribution in [0.25, 0.3) is 0 Å². The fourth-order valence-electron chi connectivity index (χ4n) is 1.33. The second-order valence-corrected chi connectivity index (χ2v) is 4.96. The molecule has 11 heteroatoms. The highest BCUT2D eigenvalue weighted by molar-refractivity contribution is 5.96. The molecule has 0 aromatic carbocycles. The third-order valence-corrected chi connectivity index (χ3v) is 2.72. The van der Waals surface area contributed by atoms with Gasteiger partial charge < -0.3 is 25.4 Å². The van der Waals surface area contributed by atoms with E-state index in [1.165, 1.54) is 0 Å². The Labute approximate surface area is 147 Å². The molecule has 4 N–H and O–H groups in total. The van der Waals surface area contributed by atoms with Crippen LogP contribution in [0.2, 0.25) is 0 Å². The molecule has 0 bridgehead atoms. The van der Waals surface area contributed by atoms with Crippen LogP contribution in [0.3, 0.4) is 0 Å². The summed E-state index contributed by atoms with van der Waals surface area (Å²) in [5.74, 6) is -7.44. The summed E-state index contributed by atoms with van der Waals surface area (Å²) < 4.78 is 8.61. The summed E-state index contributed by atoms with van der Waals surface area (Å²) in [6.07, 6.45) is -2.25. The lowest BCUT2D eigenvalue weighted by Crippen LogP contribution is -2.34. The van der Waals surface area contributed by atoms with Gasteiger partial charge in [0, 0.05) is 17.6 Å². The molecule has 0 aromatic heterocycles. The molecule has 0 unspecified atom stereocenters. The van der Waals surface area contributed by atoms with Crippen LogP contribution in [0.1, 0.15) is 25.7 Å². The first-order valence-electron chi connectivity index (χ1n) is 6.99. The van der Waals surface area contributed by atoms with E-state index in [0.29, 0.717) is 0 Å². The highest BCUT2D eigenvalue weighted by atomic mass is 16.6. The van der Waals surface area contributed by atoms with E-state index in [1.54, 1.807) is 0 Å². The number of carbonyl (C=O) groups is 6. The van der Waals surface area contributed by atoms with Crippen LogP contribution in [0.4, 0.5) is 0 Å². The maximum absolute atomic E-state index is 11.5. The molecule has 0 aliphatic carbocycles. The molecule has 0 aliphatic rings. The summed E-state index contributed by atoms with van der Waals surface area (Å²) >= 11 is 0. The first kappa shape index (κ1) is 22.7. The summed E-state index contributed by atoms with van der Waals surface area (Å²) in [6, 6.07) is -1.41. The quantitative estimate of drug-likeness (QED) is 0.250. The standard InChI is InChI=1S/C15H17NO10/c1-7(13(20)21)5-11(18)25-10(17)4-3-9(16)15(24)26-12(19)6-8(2)14(22)23/h9H,1-6,16H2,(H,20,21)(H,22,23)/t9-/m0/s1. The zero-order valence-corrected chi connectivity index (χ0v) is 13.6. The maximum atomic E-state index is 11.5. The topological polar surface area (TPSA) is 187 Å². The summed E-state index contributed by atoms with van der Waals surface area (Å²) in [7, 11) is 0. The van der Waals surface area contributed by atoms with E-state index in [1.807, 2.05) is 0 Å². The average Bonchev–Trinajstić information content (AvgIpc) is 2.51. The van der Waals surface area contributed by atoms with Crippen LogP contribution in [-0.2, 0) is 38.2 Å². The number of hydrogen-bond donors (Lipinski definition) is 3. The molecule has 11 nitrogen and oxygen atoms in total. The molecule has 26 heavy (non-hydrogen) atoms. The summed E-state index contributed by atoms with van der Waals surface area (Å²) in [6.45, 7) is 6.18. The number of carboxylic acid groups (broad SMARTS) is 2. The van der Waals surface area contributed by atoms with E-state index in [-0.39, 0.29) is 6.42 Å². The van der Waals surface area contributed by atoms with Crippen molar-refractivity contribution in [1.82, 2.24) is 0 Å². The lowest BCUT2D eigenvalue weighted by Gasteiger charge is -2.10. The van der Waals surface area contributed by atoms with E-state index < -0.39 is 72.3 Å². The van der Waals surface area contributed by atoms with E-state index in [2.05, 4.69) is 22.6 Å². The zero-order valence-electron chi connectivity index (χ0n) is 13.6. The van der Waals surface area contributed by atoms with Crippen molar-refractivity contribution in [2.24, 2.45) is 5.73 Å². The fraction of sp³-hybridized carbons (Fsp3) is 0.333. The van der Waals surface area contributed by atoms with Crippen molar-refractivity contribution in [2.45, 2.75) is 31.7 Å². The monoisotopic (exact) mass is 371 g/mol. The molecular formula is C15H17NO10. The van der Waals surface area contributed by atoms with Crippen molar-refractivity contribution in [3.05, 3.63) is 24.3 Å². The van der Waals surface area contributed by atoms with Gasteiger partial charge in [0.1, 0.15) is 6.04 Å². The summed E-state index contributed by atoms with van der Waals surface area (Å²) in [5.41, 5.74) is 4.45. The number of carbonyl (C=O) groups excluding carboxylic acids is 4. The third kappa shape index (κ3) is 9.08. The Kier molecular flexibility index (Phi) is 9.16. The van der Waals surface area contributed by atoms with Crippen LogP contribution in [-0.4, -0.2) is 52.1 Å². The Morgan fingerprint density at radius 3 is 1.65 bits per heavy atom. The van der Waals surface area contributed by atoms with Crippen molar-refractivity contribution in [3.8, 4) is 0 Å². The minimum atomic E-state index is -1.43. The smallest absolute Gasteiger partial charge is 0.331 e. The molecule has 0 saturated heterocycles. The number of aliphatic carboxylic acids is 2. The number of hydrogen-bond acceptors (Lipinski definition) is 9. The molecule has 0 amide bonds. The van der Waals surface area contributed by atoms with Gasteiger partial charge in [0.05, 0.1) is 12.8 Å². The molecule has 1 atom stereocenters. The van der Waals surface area contributed by atoms with E-state index in [4.69, 9.17) is 15.9 Å². The molecule has 0 aliphatic heterocycles. The number of nitrogens with two attached hydrogens (primary N) is 1. The maximum Gasteiger partial charge on any atom is 0.331 e. The largest absolute Gasteiger partial charge is 0.478 e. The minimum absolute atomic E-state index is 0.335. The Bertz CT molecular complexity index is 663. The van der Waals surface area contributed by atoms with Crippen LogP contribution in [0.15, 0.2) is 24.3 Å². The third-order valence-electron chi connectivity index (χ3n) is 2.72. The van der Waals surface area contributed by atoms with Crippen molar-refractivity contribution in [2.75, 3.05) is 0 Å². The number of esters is 4. The molecule has 0 fully saturated rings. The Hall–Kier alpha value is -3.34. The molecule has 0 spiro atoms. The Morgan fingerprint density at radius 2 is 1.23 bits per heavy atom. The second-order valence-electron chi connectivity index (χ2n) is 4.96. The van der Waals surface area contributed by atoms with Gasteiger partial charge in [-0.2, -0.15) is 0 Å². The number of carboxylic acids is 2. The van der Waals surface area contributed by atoms with Gasteiger partial charge in [-0.05, 0) is 6.42 Å². The first-order chi connectivity index (χ1) is 11.9. The minimum Gasteiger partial charge on any atom is -0.478 e. The predicted molar refractivity (Wildman–Crippen MR) is 82.2 cm³/mol. The van der Waals surface area contributed by atoms with Gasteiger partial charge in [-0.25, -0.2) is 14.4 Å². The van der Waals surface area contributed by atoms with Crippen LogP contribution >= 0.6 is 0 Å². The van der Waals surface area contributed by atoms with Crippen LogP contribution in [0, 0.1) is 0 Å². The molecule has 0 aromatic rings. The predicted octanol–water partition coefficient (Wildman–Crippen LogP) is -0.705. The van der Waals surface area contributed by atoms with Crippen LogP contribution < -0.4 is 5.73 Å². The molecule has 0 saturated carbocycles. The van der Waals surface area contributed by atoms with Gasteiger partial charge in [0.2, 0.25) is 0 Å². The number of ether oxygens (including phenoxy) is 2. The fourth-order valence-corrected chi connectivity index (χ4v) is 1.33. The molecule has 0 rings (SSSR count). The van der Waals surface area contributed by atoms with E-state index in [0.717, 1.165) is 0 Å². The number of rotatable bonds is 10. The molecule has 0 radical (unpaired) electrons. The molecular weight excluding hydrogens is 354 g/mol. The Morgan fingerprint density at radius 1 is 0.808 bits per heavy atom. The Balaban J connectivity index is 4.28. The SMILES string of the molecule is C=C(CC(=O)OC(=O)CC[C@H](N)C(=O)OC(=O)CC(=C)C(=O)O)C(=O)O. The van der Waals surface area contributed by atoms with Gasteiger partial charge in [-0.1, -0.05) is 13.2 Å². The van der Waals surface area contributed by atoms with Gasteiger partial charge in [0.25, 0.3) is 0 Å². The normalized spacial score (nSPS) is 11.0. The highest BCUT2D eigenvalue weighted by Gasteiger charge is 2.22. The van der Waals surface area contributed by atoms with E-state index in [9.17, 15) is 28.8 Å². The van der Waals surface area contributed by atoms with E-state index >= 15 is 0 Å². The van der Waals surface area contributed by atoms with Crippen molar-refractivity contribution in [3.63, 3.8) is 0 Å². The second kappa shape index (κ2) is 10.5. The van der Waals surface area contributed by atoms with Crippen molar-refractivity contribution < 1.29 is 48.5 Å². The average molecular weight is 371 g/mol. The van der Waals surface area contributed by atoms with Gasteiger partial charge >= 0.3 is 35.8 Å². The summed E-state index contributed by atoms with van der Waals surface area (Å²) in [5, 5.41) is 17.1.